The Hall–Kier alpha value is -1.39. The predicted molar refractivity (Wildman–Crippen MR) is 83.0 cm³/mol. The Bertz CT molecular complexity index is 465. The smallest absolute Gasteiger partial charge is 0.166 e. The number of carbonyl (C=O) groups excluding carboxylic acids is 1. The molecule has 1 saturated heterocycles. The fourth-order valence-electron chi connectivity index (χ4n) is 2.76. The van der Waals surface area contributed by atoms with Crippen molar-refractivity contribution in [2.45, 2.75) is 39.4 Å². The molecule has 1 fully saturated rings. The van der Waals surface area contributed by atoms with Gasteiger partial charge in [0.15, 0.2) is 5.78 Å². The Balaban J connectivity index is 1.87. The molecule has 0 bridgehead atoms. The Morgan fingerprint density at radius 2 is 1.95 bits per heavy atom. The average molecular weight is 291 g/mol. The third-order valence-electron chi connectivity index (χ3n) is 3.67. The molecule has 4 heteroatoms. The first-order chi connectivity index (χ1) is 10.1. The van der Waals surface area contributed by atoms with Gasteiger partial charge >= 0.3 is 0 Å². The van der Waals surface area contributed by atoms with Crippen LogP contribution in [0.15, 0.2) is 24.3 Å². The maximum absolute atomic E-state index is 11.9. The van der Waals surface area contributed by atoms with Gasteiger partial charge in [-0.05, 0) is 26.0 Å². The van der Waals surface area contributed by atoms with Gasteiger partial charge in [0, 0.05) is 26.1 Å². The summed E-state index contributed by atoms with van der Waals surface area (Å²) < 4.78 is 11.5. The maximum atomic E-state index is 11.9. The van der Waals surface area contributed by atoms with Gasteiger partial charge in [-0.1, -0.05) is 19.1 Å². The zero-order valence-electron chi connectivity index (χ0n) is 13.2. The molecule has 0 N–H and O–H groups in total. The van der Waals surface area contributed by atoms with Gasteiger partial charge in [-0.25, -0.2) is 0 Å². The third-order valence-corrected chi connectivity index (χ3v) is 3.67. The van der Waals surface area contributed by atoms with Crippen molar-refractivity contribution in [1.29, 1.82) is 0 Å². The first-order valence-electron chi connectivity index (χ1n) is 7.73. The Kier molecular flexibility index (Phi) is 5.76. The highest BCUT2D eigenvalue weighted by atomic mass is 16.5. The lowest BCUT2D eigenvalue weighted by atomic mass is 10.1. The van der Waals surface area contributed by atoms with Crippen molar-refractivity contribution in [3.05, 3.63) is 29.8 Å². The van der Waals surface area contributed by atoms with Gasteiger partial charge in [0.2, 0.25) is 0 Å². The minimum atomic E-state index is 0.124. The normalized spacial score (nSPS) is 23.0. The lowest BCUT2D eigenvalue weighted by molar-refractivity contribution is -0.0699. The molecule has 1 heterocycles. The Labute approximate surface area is 127 Å². The second-order valence-corrected chi connectivity index (χ2v) is 5.64. The summed E-state index contributed by atoms with van der Waals surface area (Å²) >= 11 is 0. The number of rotatable bonds is 6. The SMILES string of the molecule is CCC(=O)c1ccccc1OCCN1C[C@@H](C)O[C@H](C)C1. The average Bonchev–Trinajstić information content (AvgIpc) is 2.46. The van der Waals surface area contributed by atoms with Crippen molar-refractivity contribution in [3.8, 4) is 5.75 Å². The van der Waals surface area contributed by atoms with Gasteiger partial charge in [-0.15, -0.1) is 0 Å². The lowest BCUT2D eigenvalue weighted by Crippen LogP contribution is -2.46. The molecule has 21 heavy (non-hydrogen) atoms. The third kappa shape index (κ3) is 4.55. The lowest BCUT2D eigenvalue weighted by Gasteiger charge is -2.35. The molecule has 0 spiro atoms. The van der Waals surface area contributed by atoms with Gasteiger partial charge in [0.25, 0.3) is 0 Å². The molecule has 4 nitrogen and oxygen atoms in total. The quantitative estimate of drug-likeness (QED) is 0.756. The van der Waals surface area contributed by atoms with Crippen LogP contribution in [-0.2, 0) is 4.74 Å². The summed E-state index contributed by atoms with van der Waals surface area (Å²) in [5.41, 5.74) is 0.684. The van der Waals surface area contributed by atoms with E-state index in [-0.39, 0.29) is 18.0 Å². The summed E-state index contributed by atoms with van der Waals surface area (Å²) in [6, 6.07) is 7.48. The van der Waals surface area contributed by atoms with Crippen LogP contribution in [0.2, 0.25) is 0 Å². The van der Waals surface area contributed by atoms with E-state index in [9.17, 15) is 4.79 Å². The Morgan fingerprint density at radius 1 is 1.29 bits per heavy atom. The van der Waals surface area contributed by atoms with E-state index in [4.69, 9.17) is 9.47 Å². The maximum Gasteiger partial charge on any atom is 0.166 e. The minimum absolute atomic E-state index is 0.124. The van der Waals surface area contributed by atoms with E-state index in [0.717, 1.165) is 19.6 Å². The Morgan fingerprint density at radius 3 is 2.62 bits per heavy atom. The van der Waals surface area contributed by atoms with Crippen LogP contribution in [-0.4, -0.2) is 49.1 Å². The second kappa shape index (κ2) is 7.57. The molecular formula is C17H25NO3. The molecule has 1 aromatic rings. The first kappa shape index (κ1) is 16.0. The molecule has 0 unspecified atom stereocenters. The van der Waals surface area contributed by atoms with E-state index in [0.29, 0.717) is 24.3 Å². The van der Waals surface area contributed by atoms with Gasteiger partial charge in [-0.3, -0.25) is 9.69 Å². The van der Waals surface area contributed by atoms with Gasteiger partial charge in [-0.2, -0.15) is 0 Å². The molecule has 0 radical (unpaired) electrons. The van der Waals surface area contributed by atoms with Gasteiger partial charge < -0.3 is 9.47 Å². The molecular weight excluding hydrogens is 266 g/mol. The molecule has 116 valence electrons. The van der Waals surface area contributed by atoms with E-state index >= 15 is 0 Å². The van der Waals surface area contributed by atoms with E-state index in [1.807, 2.05) is 31.2 Å². The number of hydrogen-bond donors (Lipinski definition) is 0. The number of nitrogens with zero attached hydrogens (tertiary/aromatic N) is 1. The van der Waals surface area contributed by atoms with Gasteiger partial charge in [0.1, 0.15) is 12.4 Å². The minimum Gasteiger partial charge on any atom is -0.491 e. The summed E-state index contributed by atoms with van der Waals surface area (Å²) in [7, 11) is 0. The molecule has 2 atom stereocenters. The summed E-state index contributed by atoms with van der Waals surface area (Å²) in [4.78, 5) is 14.2. The van der Waals surface area contributed by atoms with Crippen LogP contribution in [0.5, 0.6) is 5.75 Å². The van der Waals surface area contributed by atoms with Crippen molar-refractivity contribution in [3.63, 3.8) is 0 Å². The van der Waals surface area contributed by atoms with E-state index in [2.05, 4.69) is 18.7 Å². The molecule has 0 aliphatic carbocycles. The topological polar surface area (TPSA) is 38.8 Å². The van der Waals surface area contributed by atoms with Crippen LogP contribution in [0, 0.1) is 0 Å². The summed E-state index contributed by atoms with van der Waals surface area (Å²) in [6.07, 6.45) is 1.03. The highest BCUT2D eigenvalue weighted by Crippen LogP contribution is 2.19. The number of hydrogen-bond acceptors (Lipinski definition) is 4. The van der Waals surface area contributed by atoms with Crippen LogP contribution in [0.4, 0.5) is 0 Å². The number of carbonyl (C=O) groups is 1. The summed E-state index contributed by atoms with van der Waals surface area (Å²) in [5.74, 6) is 0.818. The molecule has 0 aromatic heterocycles. The fourth-order valence-corrected chi connectivity index (χ4v) is 2.76. The number of Topliss-reactive ketones (excluding diaryl/α,β-unsaturated/α-hetero) is 1. The standard InChI is InChI=1S/C17H25NO3/c1-4-16(19)15-7-5-6-8-17(15)20-10-9-18-11-13(2)21-14(3)12-18/h5-8,13-14H,4,9-12H2,1-3H3/t13-,14-/m1/s1. The highest BCUT2D eigenvalue weighted by Gasteiger charge is 2.21. The first-order valence-corrected chi connectivity index (χ1v) is 7.73. The van der Waals surface area contributed by atoms with Crippen molar-refractivity contribution in [1.82, 2.24) is 4.90 Å². The van der Waals surface area contributed by atoms with Crippen molar-refractivity contribution < 1.29 is 14.3 Å². The van der Waals surface area contributed by atoms with E-state index < -0.39 is 0 Å². The van der Waals surface area contributed by atoms with Gasteiger partial charge in [0.05, 0.1) is 17.8 Å². The summed E-state index contributed by atoms with van der Waals surface area (Å²) in [5, 5.41) is 0. The number of ether oxygens (including phenoxy) is 2. The van der Waals surface area contributed by atoms with E-state index in [1.54, 1.807) is 0 Å². The monoisotopic (exact) mass is 291 g/mol. The number of morpholine rings is 1. The molecule has 0 saturated carbocycles. The molecule has 1 aliphatic rings. The summed E-state index contributed by atoms with van der Waals surface area (Å²) in [6.45, 7) is 9.37. The predicted octanol–water partition coefficient (Wildman–Crippen LogP) is 2.77. The molecule has 2 rings (SSSR count). The zero-order chi connectivity index (χ0) is 15.2. The number of para-hydroxylation sites is 1. The number of ketones is 1. The molecule has 1 aliphatic heterocycles. The van der Waals surface area contributed by atoms with Crippen LogP contribution >= 0.6 is 0 Å². The van der Waals surface area contributed by atoms with Crippen LogP contribution in [0.3, 0.4) is 0 Å². The molecule has 0 amide bonds. The number of benzene rings is 1. The zero-order valence-corrected chi connectivity index (χ0v) is 13.2. The van der Waals surface area contributed by atoms with Crippen molar-refractivity contribution in [2.75, 3.05) is 26.2 Å². The van der Waals surface area contributed by atoms with Crippen LogP contribution < -0.4 is 4.74 Å². The van der Waals surface area contributed by atoms with Crippen LogP contribution in [0.1, 0.15) is 37.6 Å². The van der Waals surface area contributed by atoms with Crippen molar-refractivity contribution in [2.24, 2.45) is 0 Å². The van der Waals surface area contributed by atoms with Crippen LogP contribution in [0.25, 0.3) is 0 Å². The second-order valence-electron chi connectivity index (χ2n) is 5.64. The highest BCUT2D eigenvalue weighted by molar-refractivity contribution is 5.98. The largest absolute Gasteiger partial charge is 0.491 e. The van der Waals surface area contributed by atoms with Crippen molar-refractivity contribution >= 4 is 5.78 Å². The van der Waals surface area contributed by atoms with E-state index in [1.165, 1.54) is 0 Å². The fraction of sp³-hybridized carbons (Fsp3) is 0.588. The molecule has 1 aromatic carbocycles.